The molecule has 1 atom stereocenters. The van der Waals surface area contributed by atoms with E-state index in [0.29, 0.717) is 5.69 Å². The van der Waals surface area contributed by atoms with Crippen LogP contribution in [0.2, 0.25) is 0 Å². The van der Waals surface area contributed by atoms with Gasteiger partial charge in [-0.3, -0.25) is 9.48 Å². The second-order valence-corrected chi connectivity index (χ2v) is 4.61. The van der Waals surface area contributed by atoms with E-state index in [9.17, 15) is 4.79 Å². The molecule has 1 unspecified atom stereocenters. The second kappa shape index (κ2) is 6.54. The molecule has 108 valence electrons. The molecular weight excluding hydrogens is 276 g/mol. The highest BCUT2D eigenvalue weighted by Crippen LogP contribution is 2.19. The maximum Gasteiger partial charge on any atom is 0.248 e. The number of halogens is 1. The molecule has 2 rings (SSSR count). The fraction of sp³-hybridized carbons (Fsp3) is 0.286. The number of rotatable bonds is 4. The number of hydrogen-bond donors (Lipinski definition) is 2. The van der Waals surface area contributed by atoms with Crippen LogP contribution in [0.25, 0.3) is 0 Å². The monoisotopic (exact) mass is 294 g/mol. The van der Waals surface area contributed by atoms with Crippen molar-refractivity contribution in [3.05, 3.63) is 48.3 Å². The number of anilines is 1. The van der Waals surface area contributed by atoms with Crippen molar-refractivity contribution >= 4 is 24.0 Å². The first-order chi connectivity index (χ1) is 9.04. The number of nitrogens with two attached hydrogens (primary N) is 1. The Morgan fingerprint density at radius 2 is 2.05 bits per heavy atom. The summed E-state index contributed by atoms with van der Waals surface area (Å²) in [7, 11) is 0. The fourth-order valence-corrected chi connectivity index (χ4v) is 1.78. The number of amides is 1. The molecule has 1 heterocycles. The lowest BCUT2D eigenvalue weighted by Gasteiger charge is -2.23. The van der Waals surface area contributed by atoms with Crippen LogP contribution in [0, 0.1) is 0 Å². The van der Waals surface area contributed by atoms with Crippen molar-refractivity contribution in [2.24, 2.45) is 5.73 Å². The number of nitrogens with one attached hydrogen (secondary N) is 1. The predicted octanol–water partition coefficient (Wildman–Crippen LogP) is 2.14. The summed E-state index contributed by atoms with van der Waals surface area (Å²) in [5.74, 6) is -0.255. The van der Waals surface area contributed by atoms with Crippen molar-refractivity contribution in [1.82, 2.24) is 9.78 Å². The van der Waals surface area contributed by atoms with E-state index in [1.165, 1.54) is 0 Å². The number of carbonyl (C=O) groups excluding carboxylic acids is 1. The van der Waals surface area contributed by atoms with Crippen molar-refractivity contribution in [1.29, 1.82) is 0 Å². The Morgan fingerprint density at radius 3 is 2.60 bits per heavy atom. The predicted molar refractivity (Wildman–Crippen MR) is 81.8 cm³/mol. The summed E-state index contributed by atoms with van der Waals surface area (Å²) < 4.78 is 1.74. The Balaban J connectivity index is 0.00000200. The Bertz CT molecular complexity index is 566. The zero-order valence-electron chi connectivity index (χ0n) is 11.5. The number of hydrogen-bond acceptors (Lipinski definition) is 3. The Kier molecular flexibility index (Phi) is 5.30. The molecule has 1 aromatic heterocycles. The lowest BCUT2D eigenvalue weighted by molar-refractivity contribution is -0.120. The van der Waals surface area contributed by atoms with Gasteiger partial charge in [-0.1, -0.05) is 30.3 Å². The number of aromatic nitrogens is 2. The highest BCUT2D eigenvalue weighted by Gasteiger charge is 2.30. The van der Waals surface area contributed by atoms with Crippen LogP contribution in [0.5, 0.6) is 0 Å². The van der Waals surface area contributed by atoms with Crippen LogP contribution in [0.15, 0.2) is 42.7 Å². The topological polar surface area (TPSA) is 72.9 Å². The summed E-state index contributed by atoms with van der Waals surface area (Å²) in [6.07, 6.45) is 3.39. The summed E-state index contributed by atoms with van der Waals surface area (Å²) in [6.45, 7) is 4.44. The third kappa shape index (κ3) is 3.37. The SMILES string of the molecule is CCn1cc(NC(=O)C(C)(N)c2ccccc2)cn1.Cl. The minimum absolute atomic E-state index is 0. The van der Waals surface area contributed by atoms with Gasteiger partial charge in [0.1, 0.15) is 5.54 Å². The average Bonchev–Trinajstić information content (AvgIpc) is 2.87. The van der Waals surface area contributed by atoms with Crippen molar-refractivity contribution in [2.45, 2.75) is 25.9 Å². The summed E-state index contributed by atoms with van der Waals surface area (Å²) in [5, 5.41) is 6.89. The molecule has 2 aromatic rings. The quantitative estimate of drug-likeness (QED) is 0.907. The van der Waals surface area contributed by atoms with E-state index < -0.39 is 5.54 Å². The van der Waals surface area contributed by atoms with Gasteiger partial charge in [0.25, 0.3) is 0 Å². The molecule has 0 aliphatic heterocycles. The van der Waals surface area contributed by atoms with E-state index in [1.54, 1.807) is 24.0 Å². The molecule has 1 aromatic carbocycles. The minimum Gasteiger partial charge on any atom is -0.322 e. The van der Waals surface area contributed by atoms with Crippen LogP contribution in [0.1, 0.15) is 19.4 Å². The Hall–Kier alpha value is -1.85. The van der Waals surface area contributed by atoms with E-state index in [-0.39, 0.29) is 18.3 Å². The largest absolute Gasteiger partial charge is 0.322 e. The molecule has 3 N–H and O–H groups in total. The summed E-state index contributed by atoms with van der Waals surface area (Å²) in [4.78, 5) is 12.3. The number of carbonyl (C=O) groups is 1. The first kappa shape index (κ1) is 16.2. The van der Waals surface area contributed by atoms with Crippen molar-refractivity contribution in [3.8, 4) is 0 Å². The maximum atomic E-state index is 12.3. The molecule has 0 aliphatic carbocycles. The van der Waals surface area contributed by atoms with Crippen molar-refractivity contribution in [3.63, 3.8) is 0 Å². The second-order valence-electron chi connectivity index (χ2n) is 4.61. The molecule has 20 heavy (non-hydrogen) atoms. The molecule has 0 saturated heterocycles. The number of aryl methyl sites for hydroxylation is 1. The smallest absolute Gasteiger partial charge is 0.248 e. The van der Waals surface area contributed by atoms with Gasteiger partial charge in [-0.2, -0.15) is 5.10 Å². The van der Waals surface area contributed by atoms with Crippen LogP contribution in [-0.4, -0.2) is 15.7 Å². The number of nitrogens with zero attached hydrogens (tertiary/aromatic N) is 2. The highest BCUT2D eigenvalue weighted by molar-refractivity contribution is 5.98. The Labute approximate surface area is 124 Å². The van der Waals surface area contributed by atoms with Crippen LogP contribution in [0.3, 0.4) is 0 Å². The lowest BCUT2D eigenvalue weighted by Crippen LogP contribution is -2.45. The molecule has 6 heteroatoms. The molecule has 1 amide bonds. The van der Waals surface area contributed by atoms with Gasteiger partial charge < -0.3 is 11.1 Å². The molecule has 0 saturated carbocycles. The van der Waals surface area contributed by atoms with Gasteiger partial charge >= 0.3 is 0 Å². The first-order valence-corrected chi connectivity index (χ1v) is 6.22. The molecule has 0 aliphatic rings. The third-order valence-electron chi connectivity index (χ3n) is 3.06. The van der Waals surface area contributed by atoms with E-state index in [1.807, 2.05) is 37.3 Å². The van der Waals surface area contributed by atoms with Crippen LogP contribution in [-0.2, 0) is 16.9 Å². The zero-order valence-corrected chi connectivity index (χ0v) is 12.4. The van der Waals surface area contributed by atoms with Crippen molar-refractivity contribution < 1.29 is 4.79 Å². The normalized spacial score (nSPS) is 13.2. The van der Waals surface area contributed by atoms with Gasteiger partial charge in [-0.05, 0) is 19.4 Å². The average molecular weight is 295 g/mol. The molecule has 0 spiro atoms. The van der Waals surface area contributed by atoms with E-state index >= 15 is 0 Å². The van der Waals surface area contributed by atoms with Gasteiger partial charge in [0.15, 0.2) is 0 Å². The van der Waals surface area contributed by atoms with Gasteiger partial charge in [0.05, 0.1) is 11.9 Å². The molecular formula is C14H19ClN4O. The summed E-state index contributed by atoms with van der Waals surface area (Å²) in [5.41, 5.74) is 6.48. The van der Waals surface area contributed by atoms with E-state index in [0.717, 1.165) is 12.1 Å². The third-order valence-corrected chi connectivity index (χ3v) is 3.06. The number of benzene rings is 1. The maximum absolute atomic E-state index is 12.3. The zero-order chi connectivity index (χ0) is 13.9. The van der Waals surface area contributed by atoms with Gasteiger partial charge in [-0.15, -0.1) is 12.4 Å². The van der Waals surface area contributed by atoms with Gasteiger partial charge in [-0.25, -0.2) is 0 Å². The van der Waals surface area contributed by atoms with Crippen LogP contribution < -0.4 is 11.1 Å². The van der Waals surface area contributed by atoms with Crippen LogP contribution in [0.4, 0.5) is 5.69 Å². The molecule has 5 nitrogen and oxygen atoms in total. The van der Waals surface area contributed by atoms with E-state index in [2.05, 4.69) is 10.4 Å². The minimum atomic E-state index is -1.07. The Morgan fingerprint density at radius 1 is 1.40 bits per heavy atom. The van der Waals surface area contributed by atoms with Gasteiger partial charge in [0, 0.05) is 12.7 Å². The summed E-state index contributed by atoms with van der Waals surface area (Å²) >= 11 is 0. The van der Waals surface area contributed by atoms with E-state index in [4.69, 9.17) is 5.73 Å². The van der Waals surface area contributed by atoms with Crippen LogP contribution >= 0.6 is 12.4 Å². The van der Waals surface area contributed by atoms with Gasteiger partial charge in [0.2, 0.25) is 5.91 Å². The molecule has 0 bridgehead atoms. The fourth-order valence-electron chi connectivity index (χ4n) is 1.78. The molecule has 0 fully saturated rings. The highest BCUT2D eigenvalue weighted by atomic mass is 35.5. The lowest BCUT2D eigenvalue weighted by atomic mass is 9.92. The van der Waals surface area contributed by atoms with Crippen molar-refractivity contribution in [2.75, 3.05) is 5.32 Å². The summed E-state index contributed by atoms with van der Waals surface area (Å²) in [6, 6.07) is 9.30. The standard InChI is InChI=1S/C14H18N4O.ClH/c1-3-18-10-12(9-16-18)17-13(19)14(2,15)11-7-5-4-6-8-11;/h4-10H,3,15H2,1-2H3,(H,17,19);1H. The molecule has 0 radical (unpaired) electrons. The first-order valence-electron chi connectivity index (χ1n) is 6.22.